The molecule has 0 unspecified atom stereocenters. The number of amides is 1. The van der Waals surface area contributed by atoms with Crippen LogP contribution in [-0.4, -0.2) is 41.6 Å². The van der Waals surface area contributed by atoms with E-state index < -0.39 is 17.7 Å². The third-order valence-corrected chi connectivity index (χ3v) is 2.86. The number of aliphatic carboxylic acids is 1. The largest absolute Gasteiger partial charge is 0.497 e. The topological polar surface area (TPSA) is 66.8 Å². The van der Waals surface area contributed by atoms with Crippen molar-refractivity contribution in [2.45, 2.75) is 26.3 Å². The summed E-state index contributed by atoms with van der Waals surface area (Å²) in [6, 6.07) is 3.74. The van der Waals surface area contributed by atoms with Crippen molar-refractivity contribution in [3.8, 4) is 5.75 Å². The third kappa shape index (κ3) is 3.94. The number of carboxylic acids is 1. The molecule has 0 aromatic heterocycles. The lowest BCUT2D eigenvalue weighted by molar-refractivity contribution is -0.137. The molecular weight excluding hydrogens is 265 g/mol. The summed E-state index contributed by atoms with van der Waals surface area (Å²) in [4.78, 5) is 24.2. The van der Waals surface area contributed by atoms with Gasteiger partial charge in [0.05, 0.1) is 19.1 Å². The highest BCUT2D eigenvalue weighted by atomic mass is 19.1. The fourth-order valence-corrected chi connectivity index (χ4v) is 1.76. The Labute approximate surface area is 117 Å². The van der Waals surface area contributed by atoms with Gasteiger partial charge in [0.15, 0.2) is 0 Å². The van der Waals surface area contributed by atoms with E-state index in [2.05, 4.69) is 0 Å². The van der Waals surface area contributed by atoms with E-state index in [1.54, 1.807) is 13.8 Å². The molecule has 0 saturated carbocycles. The molecule has 0 aliphatic carbocycles. The van der Waals surface area contributed by atoms with Gasteiger partial charge >= 0.3 is 5.97 Å². The minimum Gasteiger partial charge on any atom is -0.497 e. The van der Waals surface area contributed by atoms with Crippen LogP contribution in [0, 0.1) is 5.82 Å². The lowest BCUT2D eigenvalue weighted by atomic mass is 10.1. The molecule has 5 nitrogen and oxygen atoms in total. The van der Waals surface area contributed by atoms with Crippen molar-refractivity contribution in [3.63, 3.8) is 0 Å². The van der Waals surface area contributed by atoms with E-state index in [1.807, 2.05) is 0 Å². The smallest absolute Gasteiger partial charge is 0.305 e. The first-order valence-electron chi connectivity index (χ1n) is 6.23. The van der Waals surface area contributed by atoms with Gasteiger partial charge < -0.3 is 14.7 Å². The number of benzene rings is 1. The maximum Gasteiger partial charge on any atom is 0.305 e. The number of rotatable bonds is 6. The van der Waals surface area contributed by atoms with Crippen LogP contribution in [0.5, 0.6) is 5.75 Å². The second-order valence-corrected chi connectivity index (χ2v) is 4.58. The number of carbonyl (C=O) groups is 2. The van der Waals surface area contributed by atoms with Crippen molar-refractivity contribution >= 4 is 11.9 Å². The number of carbonyl (C=O) groups excluding carboxylic acids is 1. The molecule has 0 bridgehead atoms. The number of halogens is 1. The monoisotopic (exact) mass is 283 g/mol. The molecule has 20 heavy (non-hydrogen) atoms. The van der Waals surface area contributed by atoms with E-state index in [9.17, 15) is 14.0 Å². The summed E-state index contributed by atoms with van der Waals surface area (Å²) in [7, 11) is 1.41. The molecule has 1 rings (SSSR count). The van der Waals surface area contributed by atoms with Gasteiger partial charge in [-0.3, -0.25) is 9.59 Å². The van der Waals surface area contributed by atoms with Crippen LogP contribution in [0.1, 0.15) is 30.6 Å². The molecule has 0 fully saturated rings. The molecular formula is C14H18FNO4. The fraction of sp³-hybridized carbons (Fsp3) is 0.429. The Kier molecular flexibility index (Phi) is 5.49. The SMILES string of the molecule is COc1ccc(C(=O)N(CCC(=O)O)C(C)C)c(F)c1. The molecule has 1 aromatic rings. The zero-order valence-corrected chi connectivity index (χ0v) is 11.7. The normalized spacial score (nSPS) is 10.4. The number of hydrogen-bond donors (Lipinski definition) is 1. The zero-order valence-electron chi connectivity index (χ0n) is 11.7. The van der Waals surface area contributed by atoms with E-state index in [0.29, 0.717) is 5.75 Å². The predicted octanol–water partition coefficient (Wildman–Crippen LogP) is 2.16. The van der Waals surface area contributed by atoms with Crippen LogP contribution < -0.4 is 4.74 Å². The van der Waals surface area contributed by atoms with Crippen molar-refractivity contribution in [2.24, 2.45) is 0 Å². The predicted molar refractivity (Wildman–Crippen MR) is 71.4 cm³/mol. The molecule has 6 heteroatoms. The molecule has 0 saturated heterocycles. The van der Waals surface area contributed by atoms with Crippen molar-refractivity contribution < 1.29 is 23.8 Å². The van der Waals surface area contributed by atoms with Crippen LogP contribution in [0.15, 0.2) is 18.2 Å². The fourth-order valence-electron chi connectivity index (χ4n) is 1.76. The van der Waals surface area contributed by atoms with Crippen molar-refractivity contribution in [1.82, 2.24) is 4.90 Å². The van der Waals surface area contributed by atoms with E-state index in [0.717, 1.165) is 6.07 Å². The Morgan fingerprint density at radius 1 is 1.40 bits per heavy atom. The average molecular weight is 283 g/mol. The summed E-state index contributed by atoms with van der Waals surface area (Å²) in [6.07, 6.45) is -0.179. The van der Waals surface area contributed by atoms with E-state index in [1.165, 1.54) is 24.1 Å². The third-order valence-electron chi connectivity index (χ3n) is 2.86. The molecule has 0 aliphatic heterocycles. The summed E-state index contributed by atoms with van der Waals surface area (Å²) < 4.78 is 18.7. The van der Waals surface area contributed by atoms with Gasteiger partial charge in [-0.15, -0.1) is 0 Å². The molecule has 0 spiro atoms. The second kappa shape index (κ2) is 6.88. The minimum absolute atomic E-state index is 0.0390. The van der Waals surface area contributed by atoms with E-state index >= 15 is 0 Å². The quantitative estimate of drug-likeness (QED) is 0.868. The molecule has 1 amide bonds. The highest BCUT2D eigenvalue weighted by Gasteiger charge is 2.22. The number of ether oxygens (including phenoxy) is 1. The van der Waals surface area contributed by atoms with Gasteiger partial charge in [-0.05, 0) is 26.0 Å². The number of methoxy groups -OCH3 is 1. The van der Waals surface area contributed by atoms with Crippen LogP contribution in [0.3, 0.4) is 0 Å². The highest BCUT2D eigenvalue weighted by Crippen LogP contribution is 2.18. The molecule has 1 N–H and O–H groups in total. The van der Waals surface area contributed by atoms with Crippen molar-refractivity contribution in [2.75, 3.05) is 13.7 Å². The number of hydrogen-bond acceptors (Lipinski definition) is 3. The van der Waals surface area contributed by atoms with Gasteiger partial charge in [-0.1, -0.05) is 0 Å². The van der Waals surface area contributed by atoms with Gasteiger partial charge in [0, 0.05) is 18.7 Å². The van der Waals surface area contributed by atoms with Crippen LogP contribution in [0.2, 0.25) is 0 Å². The molecule has 0 aliphatic rings. The van der Waals surface area contributed by atoms with E-state index in [-0.39, 0.29) is 24.6 Å². The van der Waals surface area contributed by atoms with E-state index in [4.69, 9.17) is 9.84 Å². The Hall–Kier alpha value is -2.11. The average Bonchev–Trinajstić information content (AvgIpc) is 2.37. The highest BCUT2D eigenvalue weighted by molar-refractivity contribution is 5.95. The van der Waals surface area contributed by atoms with Crippen molar-refractivity contribution in [1.29, 1.82) is 0 Å². The van der Waals surface area contributed by atoms with Crippen molar-refractivity contribution in [3.05, 3.63) is 29.6 Å². The van der Waals surface area contributed by atoms with Crippen LogP contribution in [0.4, 0.5) is 4.39 Å². The molecule has 0 radical (unpaired) electrons. The van der Waals surface area contributed by atoms with Crippen LogP contribution >= 0.6 is 0 Å². The minimum atomic E-state index is -1.00. The molecule has 1 aromatic carbocycles. The van der Waals surface area contributed by atoms with Gasteiger partial charge in [-0.25, -0.2) is 4.39 Å². The second-order valence-electron chi connectivity index (χ2n) is 4.58. The number of nitrogens with zero attached hydrogens (tertiary/aromatic N) is 1. The number of carboxylic acid groups (broad SMARTS) is 1. The summed E-state index contributed by atoms with van der Waals surface area (Å²) in [5.74, 6) is -1.89. The summed E-state index contributed by atoms with van der Waals surface area (Å²) >= 11 is 0. The maximum absolute atomic E-state index is 13.9. The summed E-state index contributed by atoms with van der Waals surface area (Å²) in [5.41, 5.74) is -0.0927. The zero-order chi connectivity index (χ0) is 15.3. The Balaban J connectivity index is 2.97. The Morgan fingerprint density at radius 2 is 2.05 bits per heavy atom. The van der Waals surface area contributed by atoms with Crippen LogP contribution in [-0.2, 0) is 4.79 Å². The van der Waals surface area contributed by atoms with Gasteiger partial charge in [0.2, 0.25) is 0 Å². The Morgan fingerprint density at radius 3 is 2.50 bits per heavy atom. The van der Waals surface area contributed by atoms with Gasteiger partial charge in [0.25, 0.3) is 5.91 Å². The molecule has 110 valence electrons. The summed E-state index contributed by atoms with van der Waals surface area (Å²) in [5, 5.41) is 8.69. The summed E-state index contributed by atoms with van der Waals surface area (Å²) in [6.45, 7) is 3.54. The van der Waals surface area contributed by atoms with Gasteiger partial charge in [0.1, 0.15) is 11.6 Å². The first-order valence-corrected chi connectivity index (χ1v) is 6.23. The maximum atomic E-state index is 13.9. The first kappa shape index (κ1) is 15.9. The lowest BCUT2D eigenvalue weighted by Crippen LogP contribution is -2.38. The standard InChI is InChI=1S/C14H18FNO4/c1-9(2)16(7-6-13(17)18)14(19)11-5-4-10(20-3)8-12(11)15/h4-5,8-9H,6-7H2,1-3H3,(H,17,18). The van der Waals surface area contributed by atoms with Crippen LogP contribution in [0.25, 0.3) is 0 Å². The van der Waals surface area contributed by atoms with Gasteiger partial charge in [-0.2, -0.15) is 0 Å². The molecule has 0 heterocycles. The Bertz CT molecular complexity index is 502. The lowest BCUT2D eigenvalue weighted by Gasteiger charge is -2.26. The molecule has 0 atom stereocenters. The first-order chi connectivity index (χ1) is 9.36.